The molecule has 0 saturated heterocycles. The molecule has 4 aromatic carbocycles. The summed E-state index contributed by atoms with van der Waals surface area (Å²) < 4.78 is 92.0. The molecule has 2 heterocycles. The zero-order valence-corrected chi connectivity index (χ0v) is 34.6. The Bertz CT molecular complexity index is 2050. The highest BCUT2D eigenvalue weighted by Crippen LogP contribution is 2.23. The molecule has 6 rings (SSSR count). The van der Waals surface area contributed by atoms with Crippen molar-refractivity contribution in [2.24, 2.45) is 0 Å². The van der Waals surface area contributed by atoms with Gasteiger partial charge in [0.15, 0.2) is 13.1 Å². The number of oxazole rings is 1. The highest BCUT2D eigenvalue weighted by molar-refractivity contribution is 7.18. The average molecular weight is 860 g/mol. The molecule has 15 nitrogen and oxygen atoms in total. The molecule has 0 spiro atoms. The van der Waals surface area contributed by atoms with Gasteiger partial charge in [-0.1, -0.05) is 59.9 Å². The Morgan fingerprint density at radius 1 is 0.552 bits per heavy atom. The van der Waals surface area contributed by atoms with Gasteiger partial charge in [0, 0.05) is 57.8 Å². The van der Waals surface area contributed by atoms with Crippen LogP contribution in [0.1, 0.15) is 22.0 Å². The number of anilines is 2. The molecule has 0 aliphatic rings. The van der Waals surface area contributed by atoms with Gasteiger partial charge in [0.05, 0.1) is 19.3 Å². The molecule has 2 aromatic heterocycles. The molecule has 0 bridgehead atoms. The van der Waals surface area contributed by atoms with Gasteiger partial charge in [-0.2, -0.15) is 9.13 Å². The van der Waals surface area contributed by atoms with Crippen molar-refractivity contribution in [3.63, 3.8) is 0 Å². The van der Waals surface area contributed by atoms with E-state index < -0.39 is 20.5 Å². The SMILES string of the molecule is CN(C)c1ccc(/C=C/c2oc3ccccc3[n+]2CCOCCOCC[n+]2c(/C=C/c3ccc(N(C)C)cc3)sc3ccccc32)cc1.[O-][Cl+3]([O-])([O-])[O-].[O-][Cl+3]([O-])([O-])[O-]. The van der Waals surface area contributed by atoms with Gasteiger partial charge in [-0.3, -0.25) is 0 Å². The summed E-state index contributed by atoms with van der Waals surface area (Å²) >= 11 is 1.80. The third-order valence-electron chi connectivity index (χ3n) is 8.22. The minimum absolute atomic E-state index is 0.532. The largest absolute Gasteiger partial charge is 0.398 e. The van der Waals surface area contributed by atoms with Crippen molar-refractivity contribution in [3.8, 4) is 0 Å². The van der Waals surface area contributed by atoms with Crippen LogP contribution in [0.25, 0.3) is 45.6 Å². The summed E-state index contributed by atoms with van der Waals surface area (Å²) in [7, 11) is -1.68. The van der Waals surface area contributed by atoms with Crippen molar-refractivity contribution in [2.45, 2.75) is 13.1 Å². The number of aromatic nitrogens is 2. The van der Waals surface area contributed by atoms with Gasteiger partial charge >= 0.3 is 5.89 Å². The molecule has 310 valence electrons. The lowest BCUT2D eigenvalue weighted by Gasteiger charge is -2.17. The zero-order chi connectivity index (χ0) is 42.3. The summed E-state index contributed by atoms with van der Waals surface area (Å²) in [4.78, 5) is 4.21. The maximum atomic E-state index is 8.49. The maximum Gasteiger partial charge on any atom is 0.374 e. The second kappa shape index (κ2) is 22.0. The van der Waals surface area contributed by atoms with Gasteiger partial charge in [-0.25, -0.2) is 37.3 Å². The third-order valence-corrected chi connectivity index (χ3v) is 9.35. The molecule has 0 aliphatic carbocycles. The van der Waals surface area contributed by atoms with Gasteiger partial charge < -0.3 is 23.7 Å². The standard InChI is InChI=1S/C40H44N4O3S.2ClHO4/c1-41(2)33-19-13-31(14-20-33)17-23-39-43(35-9-5-7-11-37(35)47-39)25-27-45-29-30-46-28-26-44-36-10-6-8-12-38(36)48-40(44)24-18-32-15-21-34(22-16-32)42(3)4;2*2-1(3,4)5/h5-24H,25-30H2,1-4H3;2*(H,2,3,4,5)/q+2;;/p-2. The van der Waals surface area contributed by atoms with Crippen LogP contribution in [-0.4, -0.2) is 54.6 Å². The Labute approximate surface area is 344 Å². The monoisotopic (exact) mass is 858 g/mol. The highest BCUT2D eigenvalue weighted by atomic mass is 35.7. The molecule has 0 unspecified atom stereocenters. The minimum atomic E-state index is -4.94. The van der Waals surface area contributed by atoms with Crippen LogP contribution in [0, 0.1) is 20.5 Å². The van der Waals surface area contributed by atoms with Crippen molar-refractivity contribution in [2.75, 3.05) is 64.4 Å². The van der Waals surface area contributed by atoms with Crippen molar-refractivity contribution < 1.29 is 80.8 Å². The summed E-state index contributed by atoms with van der Waals surface area (Å²) in [6, 6.07) is 33.7. The van der Waals surface area contributed by atoms with Crippen molar-refractivity contribution >= 4 is 68.3 Å². The molecule has 0 saturated carbocycles. The van der Waals surface area contributed by atoms with E-state index in [-0.39, 0.29) is 0 Å². The van der Waals surface area contributed by atoms with Crippen LogP contribution in [0.3, 0.4) is 0 Å². The van der Waals surface area contributed by atoms with E-state index in [2.05, 4.69) is 130 Å². The summed E-state index contributed by atoms with van der Waals surface area (Å²) in [5.41, 5.74) is 7.80. The third kappa shape index (κ3) is 16.0. The first-order chi connectivity index (χ1) is 27.5. The molecule has 0 amide bonds. The van der Waals surface area contributed by atoms with Crippen LogP contribution in [0.4, 0.5) is 11.4 Å². The van der Waals surface area contributed by atoms with Gasteiger partial charge in [-0.05, 0) is 59.7 Å². The van der Waals surface area contributed by atoms with E-state index in [0.717, 1.165) is 29.1 Å². The van der Waals surface area contributed by atoms with E-state index in [1.807, 2.05) is 38.4 Å². The van der Waals surface area contributed by atoms with Crippen molar-refractivity contribution in [1.82, 2.24) is 0 Å². The number of nitrogens with zero attached hydrogens (tertiary/aromatic N) is 4. The van der Waals surface area contributed by atoms with Crippen LogP contribution in [0.2, 0.25) is 0 Å². The predicted octanol–water partition coefficient (Wildman–Crippen LogP) is -2.08. The Morgan fingerprint density at radius 3 is 1.52 bits per heavy atom. The summed E-state index contributed by atoms with van der Waals surface area (Å²) in [5, 5.41) is 1.20. The van der Waals surface area contributed by atoms with Crippen molar-refractivity contribution in [1.29, 1.82) is 0 Å². The second-order valence-corrected chi connectivity index (χ2v) is 15.3. The van der Waals surface area contributed by atoms with Gasteiger partial charge in [0.25, 0.3) is 10.5 Å². The predicted molar refractivity (Wildman–Crippen MR) is 199 cm³/mol. The lowest BCUT2D eigenvalue weighted by molar-refractivity contribution is -2.00. The average Bonchev–Trinajstić information content (AvgIpc) is 3.70. The lowest BCUT2D eigenvalue weighted by atomic mass is 10.2. The quantitative estimate of drug-likeness (QED) is 0.0799. The topological polar surface area (TPSA) is 230 Å². The van der Waals surface area contributed by atoms with Gasteiger partial charge in [-0.15, -0.1) is 20.5 Å². The van der Waals surface area contributed by atoms with E-state index in [9.17, 15) is 0 Å². The number of hydrogen-bond acceptors (Lipinski definition) is 14. The Morgan fingerprint density at radius 2 is 1.00 bits per heavy atom. The number of ether oxygens (including phenoxy) is 2. The number of para-hydroxylation sites is 3. The minimum Gasteiger partial charge on any atom is -0.398 e. The zero-order valence-electron chi connectivity index (χ0n) is 32.2. The first kappa shape index (κ1) is 46.2. The number of hydrogen-bond donors (Lipinski definition) is 0. The number of thiazole rings is 1. The van der Waals surface area contributed by atoms with E-state index >= 15 is 0 Å². The van der Waals surface area contributed by atoms with Crippen molar-refractivity contribution in [3.05, 3.63) is 119 Å². The first-order valence-corrected chi connectivity index (χ1v) is 20.9. The van der Waals surface area contributed by atoms with E-state index in [0.29, 0.717) is 33.0 Å². The smallest absolute Gasteiger partial charge is 0.374 e. The summed E-state index contributed by atoms with van der Waals surface area (Å²) in [5.74, 6) is 0.795. The Hall–Kier alpha value is -4.50. The lowest BCUT2D eigenvalue weighted by Crippen LogP contribution is -2.68. The molecule has 0 radical (unpaired) electrons. The molecule has 0 N–H and O–H groups in total. The van der Waals surface area contributed by atoms with Crippen LogP contribution < -0.4 is 56.2 Å². The molecule has 18 heteroatoms. The number of rotatable bonds is 15. The fraction of sp³-hybridized carbons (Fsp3) is 0.250. The van der Waals surface area contributed by atoms with Crippen LogP contribution in [-0.2, 0) is 22.6 Å². The molecule has 58 heavy (non-hydrogen) atoms. The summed E-state index contributed by atoms with van der Waals surface area (Å²) in [6.45, 7) is 3.69. The normalized spacial score (nSPS) is 11.9. The molecule has 0 atom stereocenters. The molecule has 0 aliphatic heterocycles. The fourth-order valence-electron chi connectivity index (χ4n) is 5.55. The molecular weight excluding hydrogens is 815 g/mol. The van der Waals surface area contributed by atoms with Crippen LogP contribution in [0.5, 0.6) is 0 Å². The fourth-order valence-corrected chi connectivity index (χ4v) is 6.64. The van der Waals surface area contributed by atoms with E-state index in [4.69, 9.17) is 51.2 Å². The number of fused-ring (bicyclic) bond motifs is 2. The van der Waals surface area contributed by atoms with Gasteiger partial charge in [0.1, 0.15) is 17.9 Å². The first-order valence-electron chi connectivity index (χ1n) is 17.6. The van der Waals surface area contributed by atoms with Gasteiger partial charge in [0.2, 0.25) is 11.1 Å². The highest BCUT2D eigenvalue weighted by Gasteiger charge is 2.20. The Balaban J connectivity index is 0.000000665. The van der Waals surface area contributed by atoms with Crippen LogP contribution >= 0.6 is 11.3 Å². The molecular formula is C40H44Cl2N4O11S. The van der Waals surface area contributed by atoms with Crippen LogP contribution in [0.15, 0.2) is 101 Å². The molecule has 0 fully saturated rings. The number of halogens is 2. The Kier molecular flexibility index (Phi) is 17.5. The second-order valence-electron chi connectivity index (χ2n) is 12.7. The van der Waals surface area contributed by atoms with E-state index in [1.54, 1.807) is 11.3 Å². The maximum absolute atomic E-state index is 8.49. The molecule has 6 aromatic rings. The number of benzene rings is 4. The van der Waals surface area contributed by atoms with E-state index in [1.165, 1.54) is 32.2 Å². The summed E-state index contributed by atoms with van der Waals surface area (Å²) in [6.07, 6.45) is 8.50.